The summed E-state index contributed by atoms with van der Waals surface area (Å²) in [6, 6.07) is 11.8. The third-order valence-electron chi connectivity index (χ3n) is 4.52. The van der Waals surface area contributed by atoms with Gasteiger partial charge >= 0.3 is 5.97 Å². The zero-order valence-corrected chi connectivity index (χ0v) is 21.4. The summed E-state index contributed by atoms with van der Waals surface area (Å²) in [6.45, 7) is 3.43. The quantitative estimate of drug-likeness (QED) is 0.333. The van der Waals surface area contributed by atoms with E-state index in [1.165, 1.54) is 6.08 Å². The van der Waals surface area contributed by atoms with Crippen molar-refractivity contribution < 1.29 is 33.4 Å². The molecule has 1 aliphatic rings. The standard InChI is InChI=1S/C24H23BrN2O7S/c1-3-32-19-11-15(5-10-18(19)34-14-22(29)33-4-2)12-20-23(30)27(24(31)35-20)13-21(28)26-17-8-6-16(25)7-9-17/h5-12H,3-4,13-14H2,1-2H3,(H,26,28)/b20-12-. The Morgan fingerprint density at radius 2 is 1.77 bits per heavy atom. The minimum Gasteiger partial charge on any atom is -0.490 e. The molecule has 0 unspecified atom stereocenters. The van der Waals surface area contributed by atoms with Crippen LogP contribution in [0.5, 0.6) is 11.5 Å². The molecule has 184 valence electrons. The summed E-state index contributed by atoms with van der Waals surface area (Å²) >= 11 is 4.06. The average Bonchev–Trinajstić information content (AvgIpc) is 3.07. The van der Waals surface area contributed by atoms with E-state index in [0.29, 0.717) is 29.4 Å². The van der Waals surface area contributed by atoms with Crippen LogP contribution in [0.2, 0.25) is 0 Å². The predicted molar refractivity (Wildman–Crippen MR) is 135 cm³/mol. The highest BCUT2D eigenvalue weighted by Crippen LogP contribution is 2.34. The molecule has 1 aliphatic heterocycles. The number of carbonyl (C=O) groups excluding carboxylic acids is 4. The van der Waals surface area contributed by atoms with Gasteiger partial charge in [0.2, 0.25) is 5.91 Å². The predicted octanol–water partition coefficient (Wildman–Crippen LogP) is 4.46. The summed E-state index contributed by atoms with van der Waals surface area (Å²) in [4.78, 5) is 50.2. The lowest BCUT2D eigenvalue weighted by Gasteiger charge is -2.13. The molecule has 0 atom stereocenters. The van der Waals surface area contributed by atoms with Crippen molar-refractivity contribution in [2.75, 3.05) is 31.7 Å². The van der Waals surface area contributed by atoms with E-state index in [0.717, 1.165) is 21.1 Å². The van der Waals surface area contributed by atoms with Gasteiger partial charge in [0.15, 0.2) is 18.1 Å². The Morgan fingerprint density at radius 3 is 2.46 bits per heavy atom. The van der Waals surface area contributed by atoms with Gasteiger partial charge in [0.05, 0.1) is 18.1 Å². The number of nitrogens with one attached hydrogen (secondary N) is 1. The molecule has 0 radical (unpaired) electrons. The molecule has 0 saturated carbocycles. The van der Waals surface area contributed by atoms with Gasteiger partial charge in [-0.1, -0.05) is 22.0 Å². The van der Waals surface area contributed by atoms with E-state index in [1.54, 1.807) is 56.3 Å². The summed E-state index contributed by atoms with van der Waals surface area (Å²) in [5.74, 6) is -0.838. The smallest absolute Gasteiger partial charge is 0.344 e. The van der Waals surface area contributed by atoms with Crippen molar-refractivity contribution in [3.8, 4) is 11.5 Å². The molecule has 9 nitrogen and oxygen atoms in total. The van der Waals surface area contributed by atoms with Gasteiger partial charge in [-0.25, -0.2) is 4.79 Å². The van der Waals surface area contributed by atoms with Gasteiger partial charge in [-0.15, -0.1) is 0 Å². The van der Waals surface area contributed by atoms with Crippen LogP contribution in [0.15, 0.2) is 51.8 Å². The Kier molecular flexibility index (Phi) is 9.32. The van der Waals surface area contributed by atoms with Crippen molar-refractivity contribution >= 4 is 62.5 Å². The average molecular weight is 563 g/mol. The van der Waals surface area contributed by atoms with Crippen LogP contribution in [0.25, 0.3) is 6.08 Å². The van der Waals surface area contributed by atoms with Crippen molar-refractivity contribution in [3.05, 3.63) is 57.4 Å². The first-order valence-corrected chi connectivity index (χ1v) is 12.3. The van der Waals surface area contributed by atoms with Crippen LogP contribution in [0.4, 0.5) is 10.5 Å². The Labute approximate surface area is 214 Å². The molecule has 0 aromatic heterocycles. The second-order valence-electron chi connectivity index (χ2n) is 7.06. The van der Waals surface area contributed by atoms with Crippen molar-refractivity contribution in [2.24, 2.45) is 0 Å². The number of amides is 3. The molecule has 1 saturated heterocycles. The number of benzene rings is 2. The summed E-state index contributed by atoms with van der Waals surface area (Å²) < 4.78 is 16.8. The van der Waals surface area contributed by atoms with E-state index >= 15 is 0 Å². The number of carbonyl (C=O) groups is 4. The van der Waals surface area contributed by atoms with Gasteiger partial charge < -0.3 is 19.5 Å². The summed E-state index contributed by atoms with van der Waals surface area (Å²) in [5.41, 5.74) is 1.14. The third-order valence-corrected chi connectivity index (χ3v) is 5.96. The number of imide groups is 1. The maximum absolute atomic E-state index is 12.8. The summed E-state index contributed by atoms with van der Waals surface area (Å²) in [7, 11) is 0. The second kappa shape index (κ2) is 12.4. The highest BCUT2D eigenvalue weighted by atomic mass is 79.9. The van der Waals surface area contributed by atoms with Crippen molar-refractivity contribution in [1.29, 1.82) is 0 Å². The number of anilines is 1. The topological polar surface area (TPSA) is 111 Å². The van der Waals surface area contributed by atoms with Crippen LogP contribution in [0.3, 0.4) is 0 Å². The Hall–Kier alpha value is -3.31. The lowest BCUT2D eigenvalue weighted by molar-refractivity contribution is -0.145. The molecule has 2 aromatic rings. The molecule has 0 bridgehead atoms. The highest BCUT2D eigenvalue weighted by Gasteiger charge is 2.36. The van der Waals surface area contributed by atoms with Gasteiger partial charge in [0.1, 0.15) is 6.54 Å². The van der Waals surface area contributed by atoms with E-state index in [1.807, 2.05) is 0 Å². The van der Waals surface area contributed by atoms with Gasteiger partial charge in [-0.2, -0.15) is 0 Å². The van der Waals surface area contributed by atoms with Crippen molar-refractivity contribution in [1.82, 2.24) is 4.90 Å². The molecule has 0 spiro atoms. The van der Waals surface area contributed by atoms with Crippen LogP contribution >= 0.6 is 27.7 Å². The molecule has 1 heterocycles. The van der Waals surface area contributed by atoms with Gasteiger partial charge in [-0.3, -0.25) is 19.3 Å². The minimum atomic E-state index is -0.563. The van der Waals surface area contributed by atoms with Gasteiger partial charge in [0, 0.05) is 10.2 Å². The third kappa shape index (κ3) is 7.33. The molecule has 3 rings (SSSR count). The largest absolute Gasteiger partial charge is 0.490 e. The zero-order chi connectivity index (χ0) is 25.4. The monoisotopic (exact) mass is 562 g/mol. The van der Waals surface area contributed by atoms with Gasteiger partial charge in [0.25, 0.3) is 11.1 Å². The molecule has 11 heteroatoms. The van der Waals surface area contributed by atoms with Crippen LogP contribution < -0.4 is 14.8 Å². The van der Waals surface area contributed by atoms with Crippen LogP contribution in [-0.4, -0.2) is 54.3 Å². The fourth-order valence-electron chi connectivity index (χ4n) is 3.01. The van der Waals surface area contributed by atoms with Crippen LogP contribution in [0.1, 0.15) is 19.4 Å². The molecular formula is C24H23BrN2O7S. The molecular weight excluding hydrogens is 540 g/mol. The SMILES string of the molecule is CCOC(=O)COc1ccc(/C=C2\SC(=O)N(CC(=O)Nc3ccc(Br)cc3)C2=O)cc1OCC. The number of rotatable bonds is 10. The normalized spacial score (nSPS) is 14.3. The number of esters is 1. The van der Waals surface area contributed by atoms with E-state index in [2.05, 4.69) is 21.2 Å². The molecule has 0 aliphatic carbocycles. The fourth-order valence-corrected chi connectivity index (χ4v) is 4.11. The summed E-state index contributed by atoms with van der Waals surface area (Å²) in [6.07, 6.45) is 1.54. The number of halogens is 1. The second-order valence-corrected chi connectivity index (χ2v) is 8.96. The maximum atomic E-state index is 12.8. The Balaban J connectivity index is 1.69. The number of hydrogen-bond donors (Lipinski definition) is 1. The first kappa shape index (κ1) is 26.3. The first-order chi connectivity index (χ1) is 16.8. The highest BCUT2D eigenvalue weighted by molar-refractivity contribution is 9.10. The molecule has 1 N–H and O–H groups in total. The number of nitrogens with zero attached hydrogens (tertiary/aromatic N) is 1. The van der Waals surface area contributed by atoms with Crippen molar-refractivity contribution in [2.45, 2.75) is 13.8 Å². The van der Waals surface area contributed by atoms with Gasteiger partial charge in [-0.05, 0) is 73.6 Å². The Morgan fingerprint density at radius 1 is 1.03 bits per heavy atom. The van der Waals surface area contributed by atoms with E-state index in [4.69, 9.17) is 14.2 Å². The number of ether oxygens (including phenoxy) is 3. The van der Waals surface area contributed by atoms with Crippen LogP contribution in [-0.2, 0) is 19.1 Å². The minimum absolute atomic E-state index is 0.175. The van der Waals surface area contributed by atoms with Crippen LogP contribution in [0, 0.1) is 0 Å². The fraction of sp³-hybridized carbons (Fsp3) is 0.250. The lowest BCUT2D eigenvalue weighted by Crippen LogP contribution is -2.36. The molecule has 1 fully saturated rings. The van der Waals surface area contributed by atoms with E-state index in [-0.39, 0.29) is 18.1 Å². The summed E-state index contributed by atoms with van der Waals surface area (Å²) in [5, 5.41) is 2.12. The number of hydrogen-bond acceptors (Lipinski definition) is 8. The van der Waals surface area contributed by atoms with E-state index in [9.17, 15) is 19.2 Å². The molecule has 3 amide bonds. The Bertz CT molecular complexity index is 1150. The molecule has 35 heavy (non-hydrogen) atoms. The zero-order valence-electron chi connectivity index (χ0n) is 19.0. The maximum Gasteiger partial charge on any atom is 0.344 e. The van der Waals surface area contributed by atoms with Crippen molar-refractivity contribution in [3.63, 3.8) is 0 Å². The number of thioether (sulfide) groups is 1. The lowest BCUT2D eigenvalue weighted by atomic mass is 10.2. The van der Waals surface area contributed by atoms with E-state index < -0.39 is 29.6 Å². The first-order valence-electron chi connectivity index (χ1n) is 10.7. The molecule has 2 aromatic carbocycles.